The number of fused-ring (bicyclic) bond motifs is 2. The van der Waals surface area contributed by atoms with Crippen LogP contribution in [0.2, 0.25) is 0 Å². The molecule has 0 spiro atoms. The highest BCUT2D eigenvalue weighted by atomic mass is 16.5. The van der Waals surface area contributed by atoms with Gasteiger partial charge in [0.15, 0.2) is 11.5 Å². The number of methoxy groups -OCH3 is 1. The predicted molar refractivity (Wildman–Crippen MR) is 113 cm³/mol. The van der Waals surface area contributed by atoms with Crippen LogP contribution < -0.4 is 9.47 Å². The second kappa shape index (κ2) is 8.33. The highest BCUT2D eigenvalue weighted by molar-refractivity contribution is 5.43. The minimum atomic E-state index is -0.807. The van der Waals surface area contributed by atoms with E-state index in [9.17, 15) is 5.11 Å². The number of hydrogen-bond donors (Lipinski definition) is 1. The summed E-state index contributed by atoms with van der Waals surface area (Å²) in [6.45, 7) is 7.26. The monoisotopic (exact) mass is 396 g/mol. The summed E-state index contributed by atoms with van der Waals surface area (Å²) in [5, 5.41) is 11.7. The molecule has 2 unspecified atom stereocenters. The van der Waals surface area contributed by atoms with E-state index in [1.54, 1.807) is 7.11 Å². The zero-order chi connectivity index (χ0) is 20.4. The Morgan fingerprint density at radius 3 is 2.52 bits per heavy atom. The Hall–Kier alpha value is -2.11. The van der Waals surface area contributed by atoms with Gasteiger partial charge in [0.05, 0.1) is 19.4 Å². The molecule has 0 radical (unpaired) electrons. The lowest BCUT2D eigenvalue weighted by atomic mass is 9.64. The SMILES string of the molecule is CCOc1ccc(CN2CC3CCCC(C2)C3(O)c2ccc(C)cn2)cc1OC. The number of benzene rings is 1. The summed E-state index contributed by atoms with van der Waals surface area (Å²) in [6.07, 6.45) is 5.16. The highest BCUT2D eigenvalue weighted by Gasteiger charge is 2.52. The molecule has 1 N–H and O–H groups in total. The van der Waals surface area contributed by atoms with Gasteiger partial charge in [0.1, 0.15) is 5.60 Å². The summed E-state index contributed by atoms with van der Waals surface area (Å²) in [5.41, 5.74) is 2.38. The van der Waals surface area contributed by atoms with Crippen LogP contribution in [-0.2, 0) is 12.1 Å². The van der Waals surface area contributed by atoms with Crippen molar-refractivity contribution in [1.29, 1.82) is 0 Å². The van der Waals surface area contributed by atoms with Crippen LogP contribution in [0, 0.1) is 18.8 Å². The first-order valence-corrected chi connectivity index (χ1v) is 10.7. The van der Waals surface area contributed by atoms with Crippen LogP contribution in [0.1, 0.15) is 43.0 Å². The number of pyridine rings is 1. The molecular weight excluding hydrogens is 364 g/mol. The van der Waals surface area contributed by atoms with Crippen LogP contribution >= 0.6 is 0 Å². The van der Waals surface area contributed by atoms with E-state index < -0.39 is 5.60 Å². The maximum absolute atomic E-state index is 11.7. The third-order valence-electron chi connectivity index (χ3n) is 6.56. The summed E-state index contributed by atoms with van der Waals surface area (Å²) in [4.78, 5) is 7.09. The van der Waals surface area contributed by atoms with Crippen LogP contribution in [0.5, 0.6) is 11.5 Å². The van der Waals surface area contributed by atoms with Gasteiger partial charge in [0.25, 0.3) is 0 Å². The van der Waals surface area contributed by atoms with Crippen molar-refractivity contribution in [3.63, 3.8) is 0 Å². The van der Waals surface area contributed by atoms with Crippen LogP contribution in [0.3, 0.4) is 0 Å². The molecule has 5 nitrogen and oxygen atoms in total. The van der Waals surface area contributed by atoms with Gasteiger partial charge in [-0.3, -0.25) is 9.88 Å². The molecule has 2 atom stereocenters. The number of piperidine rings is 1. The summed E-state index contributed by atoms with van der Waals surface area (Å²) >= 11 is 0. The van der Waals surface area contributed by atoms with Crippen molar-refractivity contribution in [2.24, 2.45) is 11.8 Å². The van der Waals surface area contributed by atoms with Crippen molar-refractivity contribution >= 4 is 0 Å². The molecule has 2 fully saturated rings. The van der Waals surface area contributed by atoms with Gasteiger partial charge in [0, 0.05) is 37.7 Å². The number of aryl methyl sites for hydroxylation is 1. The van der Waals surface area contributed by atoms with Crippen molar-refractivity contribution in [3.05, 3.63) is 53.3 Å². The van der Waals surface area contributed by atoms with Crippen molar-refractivity contribution in [2.45, 2.75) is 45.3 Å². The molecule has 4 rings (SSSR count). The second-order valence-electron chi connectivity index (χ2n) is 8.48. The normalized spacial score (nSPS) is 26.9. The maximum atomic E-state index is 11.7. The molecule has 5 heteroatoms. The number of likely N-dealkylation sites (tertiary alicyclic amines) is 1. The van der Waals surface area contributed by atoms with Crippen molar-refractivity contribution < 1.29 is 14.6 Å². The van der Waals surface area contributed by atoms with Gasteiger partial charge in [0.2, 0.25) is 0 Å². The molecule has 0 amide bonds. The van der Waals surface area contributed by atoms with Crippen LogP contribution in [0.25, 0.3) is 0 Å². The van der Waals surface area contributed by atoms with Gasteiger partial charge < -0.3 is 14.6 Å². The van der Waals surface area contributed by atoms with E-state index in [1.165, 1.54) is 12.0 Å². The molecule has 156 valence electrons. The lowest BCUT2D eigenvalue weighted by Crippen LogP contribution is -2.58. The maximum Gasteiger partial charge on any atom is 0.161 e. The molecule has 1 aliphatic heterocycles. The smallest absolute Gasteiger partial charge is 0.161 e. The molecule has 1 aromatic carbocycles. The summed E-state index contributed by atoms with van der Waals surface area (Å²) < 4.78 is 11.2. The number of aliphatic hydroxyl groups is 1. The van der Waals surface area contributed by atoms with E-state index in [0.29, 0.717) is 6.61 Å². The Balaban J connectivity index is 1.52. The van der Waals surface area contributed by atoms with E-state index >= 15 is 0 Å². The van der Waals surface area contributed by atoms with Gasteiger partial charge >= 0.3 is 0 Å². The molecule has 1 aliphatic carbocycles. The first-order valence-electron chi connectivity index (χ1n) is 10.7. The second-order valence-corrected chi connectivity index (χ2v) is 8.48. The number of hydrogen-bond acceptors (Lipinski definition) is 5. The third-order valence-corrected chi connectivity index (χ3v) is 6.56. The zero-order valence-electron chi connectivity index (χ0n) is 17.7. The van der Waals surface area contributed by atoms with E-state index in [4.69, 9.17) is 9.47 Å². The van der Waals surface area contributed by atoms with Gasteiger partial charge in [-0.05, 0) is 56.0 Å². The number of aromatic nitrogens is 1. The van der Waals surface area contributed by atoms with Gasteiger partial charge in [-0.2, -0.15) is 0 Å². The molecule has 2 aromatic rings. The van der Waals surface area contributed by atoms with Gasteiger partial charge in [-0.15, -0.1) is 0 Å². The molecule has 1 saturated carbocycles. The number of rotatable bonds is 6. The third kappa shape index (κ3) is 3.86. The van der Waals surface area contributed by atoms with E-state index in [2.05, 4.69) is 28.1 Å². The van der Waals surface area contributed by atoms with Crippen molar-refractivity contribution in [2.75, 3.05) is 26.8 Å². The van der Waals surface area contributed by atoms with Gasteiger partial charge in [-0.1, -0.05) is 18.6 Å². The average molecular weight is 397 g/mol. The van der Waals surface area contributed by atoms with Crippen molar-refractivity contribution in [3.8, 4) is 11.5 Å². The molecule has 2 heterocycles. The largest absolute Gasteiger partial charge is 0.493 e. The van der Waals surface area contributed by atoms with Gasteiger partial charge in [-0.25, -0.2) is 0 Å². The average Bonchev–Trinajstić information content (AvgIpc) is 2.70. The fourth-order valence-corrected chi connectivity index (χ4v) is 5.14. The Labute approximate surface area is 173 Å². The lowest BCUT2D eigenvalue weighted by Gasteiger charge is -2.52. The lowest BCUT2D eigenvalue weighted by molar-refractivity contribution is -0.151. The number of ether oxygens (including phenoxy) is 2. The van der Waals surface area contributed by atoms with Crippen molar-refractivity contribution in [1.82, 2.24) is 9.88 Å². The van der Waals surface area contributed by atoms with E-state index in [0.717, 1.165) is 55.2 Å². The Morgan fingerprint density at radius 1 is 1.14 bits per heavy atom. The van der Waals surface area contributed by atoms with Crippen LogP contribution in [0.4, 0.5) is 0 Å². The summed E-state index contributed by atoms with van der Waals surface area (Å²) in [5.74, 6) is 2.00. The number of nitrogens with zero attached hydrogens (tertiary/aromatic N) is 2. The quantitative estimate of drug-likeness (QED) is 0.802. The minimum Gasteiger partial charge on any atom is -0.493 e. The van der Waals surface area contributed by atoms with E-state index in [-0.39, 0.29) is 11.8 Å². The summed E-state index contributed by atoms with van der Waals surface area (Å²) in [7, 11) is 1.68. The first kappa shape index (κ1) is 20.2. The predicted octanol–water partition coefficient (Wildman–Crippen LogP) is 3.92. The molecule has 2 aliphatic rings. The minimum absolute atomic E-state index is 0.217. The van der Waals surface area contributed by atoms with Crippen LogP contribution in [-0.4, -0.2) is 41.8 Å². The zero-order valence-corrected chi connectivity index (χ0v) is 17.7. The molecule has 29 heavy (non-hydrogen) atoms. The molecule has 2 bridgehead atoms. The molecule has 1 saturated heterocycles. The fraction of sp³-hybridized carbons (Fsp3) is 0.542. The fourth-order valence-electron chi connectivity index (χ4n) is 5.14. The first-order chi connectivity index (χ1) is 14.0. The Morgan fingerprint density at radius 2 is 1.90 bits per heavy atom. The van der Waals surface area contributed by atoms with E-state index in [1.807, 2.05) is 32.2 Å². The topological polar surface area (TPSA) is 54.8 Å². The Kier molecular flexibility index (Phi) is 5.79. The Bertz CT molecular complexity index is 823. The molecular formula is C24H32N2O3. The molecule has 1 aromatic heterocycles. The summed E-state index contributed by atoms with van der Waals surface area (Å²) in [6, 6.07) is 10.3. The highest BCUT2D eigenvalue weighted by Crippen LogP contribution is 2.48. The van der Waals surface area contributed by atoms with Crippen LogP contribution in [0.15, 0.2) is 36.5 Å². The standard InChI is InChI=1S/C24H32N2O3/c1-4-29-21-10-9-18(12-22(21)28-3)14-26-15-19-6-5-7-20(16-26)24(19,27)23-11-8-17(2)13-25-23/h8-13,19-20,27H,4-7,14-16H2,1-3H3.